The lowest BCUT2D eigenvalue weighted by Gasteiger charge is -2.24. The third-order valence-corrected chi connectivity index (χ3v) is 4.08. The van der Waals surface area contributed by atoms with E-state index in [4.69, 9.17) is 0 Å². The van der Waals surface area contributed by atoms with Crippen molar-refractivity contribution in [2.24, 2.45) is 5.10 Å². The lowest BCUT2D eigenvalue weighted by molar-refractivity contribution is -0.123. The Morgan fingerprint density at radius 3 is 2.73 bits per heavy atom. The van der Waals surface area contributed by atoms with Crippen LogP contribution in [0.4, 0.5) is 0 Å². The molecule has 3 rings (SSSR count). The van der Waals surface area contributed by atoms with Crippen LogP contribution < -0.4 is 10.7 Å². The Bertz CT molecular complexity index is 581. The number of hydrogen-bond acceptors (Lipinski definition) is 6. The summed E-state index contributed by atoms with van der Waals surface area (Å²) in [6.07, 6.45) is 10.3. The summed E-state index contributed by atoms with van der Waals surface area (Å²) in [4.78, 5) is 32.3. The van der Waals surface area contributed by atoms with Crippen LogP contribution in [0.2, 0.25) is 0 Å². The molecule has 2 aliphatic rings. The van der Waals surface area contributed by atoms with Gasteiger partial charge in [0.15, 0.2) is 0 Å². The smallest absolute Gasteiger partial charge is 0.244 e. The molecule has 1 saturated carbocycles. The first-order valence-electron chi connectivity index (χ1n) is 7.67. The summed E-state index contributed by atoms with van der Waals surface area (Å²) < 4.78 is 0. The van der Waals surface area contributed by atoms with E-state index in [2.05, 4.69) is 25.8 Å². The number of amides is 1. The van der Waals surface area contributed by atoms with Gasteiger partial charge >= 0.3 is 0 Å². The quantitative estimate of drug-likeness (QED) is 0.803. The van der Waals surface area contributed by atoms with Gasteiger partial charge in [-0.25, -0.2) is 4.98 Å². The maximum Gasteiger partial charge on any atom is 0.244 e. The molecule has 0 spiro atoms. The average Bonchev–Trinajstić information content (AvgIpc) is 3.06. The van der Waals surface area contributed by atoms with Crippen molar-refractivity contribution in [3.63, 3.8) is 0 Å². The number of carbonyl (C=O) groups excluding carboxylic acids is 2. The SMILES string of the molecule is O=C(C1=NNC(C(=O)NC2CCCCC2)C1)c1cnccn1. The molecule has 0 saturated heterocycles. The number of nitrogens with one attached hydrogen (secondary N) is 2. The molecule has 1 amide bonds. The van der Waals surface area contributed by atoms with Crippen molar-refractivity contribution in [2.45, 2.75) is 50.6 Å². The van der Waals surface area contributed by atoms with E-state index in [1.54, 1.807) is 0 Å². The highest BCUT2D eigenvalue weighted by atomic mass is 16.2. The van der Waals surface area contributed by atoms with E-state index in [9.17, 15) is 9.59 Å². The van der Waals surface area contributed by atoms with Gasteiger partial charge < -0.3 is 5.32 Å². The Balaban J connectivity index is 1.54. The van der Waals surface area contributed by atoms with Crippen molar-refractivity contribution in [1.29, 1.82) is 0 Å². The van der Waals surface area contributed by atoms with Gasteiger partial charge in [0, 0.05) is 24.9 Å². The van der Waals surface area contributed by atoms with Crippen molar-refractivity contribution in [3.8, 4) is 0 Å². The summed E-state index contributed by atoms with van der Waals surface area (Å²) in [5.41, 5.74) is 3.32. The monoisotopic (exact) mass is 301 g/mol. The molecule has 1 aromatic heterocycles. The Labute approximate surface area is 128 Å². The number of carbonyl (C=O) groups is 2. The lowest BCUT2D eigenvalue weighted by Crippen LogP contribution is -2.45. The molecule has 1 unspecified atom stereocenters. The Hall–Kier alpha value is -2.31. The van der Waals surface area contributed by atoms with Crippen LogP contribution in [0.15, 0.2) is 23.7 Å². The maximum atomic E-state index is 12.2. The highest BCUT2D eigenvalue weighted by Crippen LogP contribution is 2.18. The van der Waals surface area contributed by atoms with E-state index in [1.165, 1.54) is 25.0 Å². The molecule has 0 radical (unpaired) electrons. The molecular weight excluding hydrogens is 282 g/mol. The van der Waals surface area contributed by atoms with Crippen molar-refractivity contribution >= 4 is 17.4 Å². The Morgan fingerprint density at radius 1 is 1.18 bits per heavy atom. The van der Waals surface area contributed by atoms with Crippen LogP contribution in [0, 0.1) is 0 Å². The van der Waals surface area contributed by atoms with Gasteiger partial charge in [0.05, 0.1) is 6.20 Å². The molecule has 0 aromatic carbocycles. The molecule has 1 aliphatic heterocycles. The fourth-order valence-corrected chi connectivity index (χ4v) is 2.85. The van der Waals surface area contributed by atoms with Gasteiger partial charge in [-0.05, 0) is 12.8 Å². The van der Waals surface area contributed by atoms with Gasteiger partial charge in [-0.1, -0.05) is 19.3 Å². The average molecular weight is 301 g/mol. The van der Waals surface area contributed by atoms with Crippen molar-refractivity contribution in [1.82, 2.24) is 20.7 Å². The predicted molar refractivity (Wildman–Crippen MR) is 80.4 cm³/mol. The first-order chi connectivity index (χ1) is 10.7. The van der Waals surface area contributed by atoms with Gasteiger partial charge in [-0.2, -0.15) is 5.10 Å². The van der Waals surface area contributed by atoms with E-state index in [-0.39, 0.29) is 29.8 Å². The van der Waals surface area contributed by atoms with Gasteiger partial charge in [0.2, 0.25) is 11.7 Å². The zero-order valence-corrected chi connectivity index (χ0v) is 12.3. The number of hydrazone groups is 1. The van der Waals surface area contributed by atoms with E-state index in [1.807, 2.05) is 0 Å². The molecule has 1 fully saturated rings. The van der Waals surface area contributed by atoms with Gasteiger partial charge in [0.1, 0.15) is 17.4 Å². The first-order valence-corrected chi connectivity index (χ1v) is 7.67. The van der Waals surface area contributed by atoms with Crippen LogP contribution >= 0.6 is 0 Å². The zero-order valence-electron chi connectivity index (χ0n) is 12.3. The molecule has 1 atom stereocenters. The number of rotatable bonds is 4. The minimum Gasteiger partial charge on any atom is -0.352 e. The van der Waals surface area contributed by atoms with Gasteiger partial charge in [-0.3, -0.25) is 20.0 Å². The summed E-state index contributed by atoms with van der Waals surface area (Å²) in [5.74, 6) is -0.369. The van der Waals surface area contributed by atoms with Crippen LogP contribution in [0.5, 0.6) is 0 Å². The van der Waals surface area contributed by atoms with Crippen molar-refractivity contribution < 1.29 is 9.59 Å². The van der Waals surface area contributed by atoms with E-state index >= 15 is 0 Å². The molecule has 7 nitrogen and oxygen atoms in total. The largest absolute Gasteiger partial charge is 0.352 e. The number of Topliss-reactive ketones (excluding diaryl/α,β-unsaturated/α-hetero) is 1. The second-order valence-electron chi connectivity index (χ2n) is 5.71. The van der Waals surface area contributed by atoms with E-state index in [0.29, 0.717) is 5.71 Å². The van der Waals surface area contributed by atoms with E-state index < -0.39 is 6.04 Å². The fourth-order valence-electron chi connectivity index (χ4n) is 2.85. The predicted octanol–water partition coefficient (Wildman–Crippen LogP) is 0.826. The standard InChI is InChI=1S/C15H19N5O2/c21-14(13-9-16-6-7-17-13)11-8-12(20-19-11)15(22)18-10-4-2-1-3-5-10/h6-7,9-10,12,20H,1-5,8H2,(H,18,22). The van der Waals surface area contributed by atoms with Crippen LogP contribution in [0.1, 0.15) is 49.0 Å². The fraction of sp³-hybridized carbons (Fsp3) is 0.533. The maximum absolute atomic E-state index is 12.2. The van der Waals surface area contributed by atoms with E-state index in [0.717, 1.165) is 25.7 Å². The minimum absolute atomic E-state index is 0.0856. The molecule has 116 valence electrons. The second-order valence-corrected chi connectivity index (χ2v) is 5.71. The molecule has 22 heavy (non-hydrogen) atoms. The number of aromatic nitrogens is 2. The van der Waals surface area contributed by atoms with Gasteiger partial charge in [-0.15, -0.1) is 0 Å². The molecule has 0 bridgehead atoms. The summed E-state index contributed by atoms with van der Waals surface area (Å²) >= 11 is 0. The Kier molecular flexibility index (Phi) is 4.41. The summed E-state index contributed by atoms with van der Waals surface area (Å²) in [6.45, 7) is 0. The van der Waals surface area contributed by atoms with Gasteiger partial charge in [0.25, 0.3) is 0 Å². The zero-order chi connectivity index (χ0) is 15.4. The lowest BCUT2D eigenvalue weighted by atomic mass is 9.95. The molecular formula is C15H19N5O2. The molecule has 7 heteroatoms. The van der Waals surface area contributed by atoms with Crippen molar-refractivity contribution in [3.05, 3.63) is 24.3 Å². The third kappa shape index (κ3) is 3.29. The summed E-state index contributed by atoms with van der Waals surface area (Å²) in [7, 11) is 0. The number of hydrogen-bond donors (Lipinski definition) is 2. The van der Waals surface area contributed by atoms with Crippen LogP contribution in [0.25, 0.3) is 0 Å². The highest BCUT2D eigenvalue weighted by molar-refractivity contribution is 6.46. The number of ketones is 1. The molecule has 2 heterocycles. The topological polar surface area (TPSA) is 96.3 Å². The van der Waals surface area contributed by atoms with Crippen LogP contribution in [0.3, 0.4) is 0 Å². The van der Waals surface area contributed by atoms with Crippen LogP contribution in [-0.4, -0.2) is 39.5 Å². The first kappa shape index (κ1) is 14.6. The summed E-state index contributed by atoms with van der Waals surface area (Å²) in [5, 5.41) is 7.04. The minimum atomic E-state index is -0.474. The normalized spacial score (nSPS) is 21.8. The molecule has 1 aliphatic carbocycles. The Morgan fingerprint density at radius 2 is 2.00 bits per heavy atom. The number of nitrogens with zero attached hydrogens (tertiary/aromatic N) is 3. The summed E-state index contributed by atoms with van der Waals surface area (Å²) in [6, 6.07) is -0.222. The highest BCUT2D eigenvalue weighted by Gasteiger charge is 2.31. The molecule has 1 aromatic rings. The second kappa shape index (κ2) is 6.64. The third-order valence-electron chi connectivity index (χ3n) is 4.08. The molecule has 2 N–H and O–H groups in total. The van der Waals surface area contributed by atoms with Crippen molar-refractivity contribution in [2.75, 3.05) is 0 Å². The van der Waals surface area contributed by atoms with Crippen LogP contribution in [-0.2, 0) is 4.79 Å².